The monoisotopic (exact) mass is 566 g/mol. The minimum absolute atomic E-state index is 0.0722. The molecule has 2 N–H and O–H groups in total. The molecule has 13 heteroatoms. The summed E-state index contributed by atoms with van der Waals surface area (Å²) >= 11 is 0. The predicted molar refractivity (Wildman–Crippen MR) is 148 cm³/mol. The molecule has 0 bridgehead atoms. The number of aromatic amines is 1. The topological polar surface area (TPSA) is 112 Å². The first-order valence-corrected chi connectivity index (χ1v) is 13.0. The number of halogens is 3. The van der Waals surface area contributed by atoms with Crippen LogP contribution in [0.5, 0.6) is 5.75 Å². The van der Waals surface area contributed by atoms with E-state index >= 15 is 0 Å². The van der Waals surface area contributed by atoms with Gasteiger partial charge >= 0.3 is 6.18 Å². The second-order valence-corrected chi connectivity index (χ2v) is 9.61. The molecule has 1 amide bonds. The van der Waals surface area contributed by atoms with Crippen molar-refractivity contribution in [1.29, 1.82) is 0 Å². The highest BCUT2D eigenvalue weighted by Gasteiger charge is 2.35. The van der Waals surface area contributed by atoms with Crippen LogP contribution in [0.25, 0.3) is 22.3 Å². The second kappa shape index (κ2) is 11.9. The van der Waals surface area contributed by atoms with Crippen LogP contribution in [0.1, 0.15) is 24.4 Å². The quantitative estimate of drug-likeness (QED) is 0.276. The molecular formula is C28H29F3N8O2. The highest BCUT2D eigenvalue weighted by molar-refractivity contribution is 5.84. The smallest absolute Gasteiger partial charge is 0.397 e. The minimum Gasteiger partial charge on any atom is -0.493 e. The number of hydrogen-bond acceptors (Lipinski definition) is 8. The number of carbonyl (C=O) groups excluding carboxylic acids is 1. The van der Waals surface area contributed by atoms with Crippen molar-refractivity contribution in [3.05, 3.63) is 67.3 Å². The van der Waals surface area contributed by atoms with Gasteiger partial charge in [-0.15, -0.1) is 6.58 Å². The molecule has 10 nitrogen and oxygen atoms in total. The third-order valence-corrected chi connectivity index (χ3v) is 6.92. The summed E-state index contributed by atoms with van der Waals surface area (Å²) < 4.78 is 43.4. The molecule has 4 aromatic rings. The van der Waals surface area contributed by atoms with Crippen LogP contribution >= 0.6 is 0 Å². The Bertz CT molecular complexity index is 1530. The third kappa shape index (κ3) is 6.62. The lowest BCUT2D eigenvalue weighted by molar-refractivity contribution is -0.162. The summed E-state index contributed by atoms with van der Waals surface area (Å²) in [6, 6.07) is 9.48. The standard InChI is InChI=1S/C28H29F3N8O2/c1-3-4-22(38-9-11-39(12-10-38)25(40)15-28(29,30)31)18-7-8-33-24(14-18)37-27-35-20-6-5-19(13-21(20)36-27)26-23(41-2)16-32-17-34-26/h3,5-8,13-14,16-17,22H,1,4,9-12,15H2,2H3,(H2,33,35,36,37). The van der Waals surface area contributed by atoms with E-state index in [4.69, 9.17) is 4.74 Å². The Balaban J connectivity index is 1.30. The zero-order chi connectivity index (χ0) is 29.0. The van der Waals surface area contributed by atoms with Crippen molar-refractivity contribution >= 4 is 28.7 Å². The number of anilines is 2. The maximum atomic E-state index is 12.7. The van der Waals surface area contributed by atoms with E-state index in [1.165, 1.54) is 11.2 Å². The number of pyridine rings is 1. The molecule has 4 heterocycles. The third-order valence-electron chi connectivity index (χ3n) is 6.92. The Labute approximate surface area is 234 Å². The summed E-state index contributed by atoms with van der Waals surface area (Å²) in [4.78, 5) is 36.1. The number of amides is 1. The van der Waals surface area contributed by atoms with E-state index < -0.39 is 18.5 Å². The number of benzene rings is 1. The molecule has 1 aliphatic heterocycles. The van der Waals surface area contributed by atoms with E-state index in [1.807, 2.05) is 36.4 Å². The van der Waals surface area contributed by atoms with Crippen molar-refractivity contribution in [2.75, 3.05) is 38.6 Å². The molecule has 5 rings (SSSR count). The van der Waals surface area contributed by atoms with E-state index in [-0.39, 0.29) is 19.1 Å². The number of alkyl halides is 3. The predicted octanol–water partition coefficient (Wildman–Crippen LogP) is 4.88. The number of hydrogen-bond donors (Lipinski definition) is 2. The average molecular weight is 567 g/mol. The van der Waals surface area contributed by atoms with Crippen LogP contribution in [0.3, 0.4) is 0 Å². The molecule has 3 aromatic heterocycles. The van der Waals surface area contributed by atoms with Crippen LogP contribution in [0.15, 0.2) is 61.7 Å². The van der Waals surface area contributed by atoms with Gasteiger partial charge in [0.2, 0.25) is 11.9 Å². The fraction of sp³-hybridized carbons (Fsp3) is 0.321. The van der Waals surface area contributed by atoms with Gasteiger partial charge in [-0.2, -0.15) is 13.2 Å². The summed E-state index contributed by atoms with van der Waals surface area (Å²) in [5, 5.41) is 3.23. The maximum Gasteiger partial charge on any atom is 0.397 e. The lowest BCUT2D eigenvalue weighted by Crippen LogP contribution is -2.50. The first-order chi connectivity index (χ1) is 19.7. The molecule has 1 unspecified atom stereocenters. The highest BCUT2D eigenvalue weighted by atomic mass is 19.4. The van der Waals surface area contributed by atoms with Gasteiger partial charge in [0.25, 0.3) is 0 Å². The molecule has 1 aliphatic rings. The summed E-state index contributed by atoms with van der Waals surface area (Å²) in [5.74, 6) is 0.761. The van der Waals surface area contributed by atoms with Crippen molar-refractivity contribution in [3.63, 3.8) is 0 Å². The van der Waals surface area contributed by atoms with E-state index in [2.05, 4.69) is 41.7 Å². The van der Waals surface area contributed by atoms with Crippen LogP contribution in [0, 0.1) is 0 Å². The number of piperazine rings is 1. The van der Waals surface area contributed by atoms with Crippen LogP contribution in [-0.4, -0.2) is 80.1 Å². The van der Waals surface area contributed by atoms with Gasteiger partial charge in [-0.1, -0.05) is 12.1 Å². The lowest BCUT2D eigenvalue weighted by Gasteiger charge is -2.39. The zero-order valence-electron chi connectivity index (χ0n) is 22.4. The molecular weight excluding hydrogens is 537 g/mol. The number of ether oxygens (including phenoxy) is 1. The van der Waals surface area contributed by atoms with Gasteiger partial charge < -0.3 is 19.9 Å². The van der Waals surface area contributed by atoms with E-state index in [1.54, 1.807) is 19.5 Å². The molecule has 0 aliphatic carbocycles. The summed E-state index contributed by atoms with van der Waals surface area (Å²) in [7, 11) is 1.57. The van der Waals surface area contributed by atoms with Gasteiger partial charge in [0.15, 0.2) is 5.75 Å². The van der Waals surface area contributed by atoms with Crippen LogP contribution in [0.2, 0.25) is 0 Å². The van der Waals surface area contributed by atoms with Crippen LogP contribution in [-0.2, 0) is 4.79 Å². The van der Waals surface area contributed by atoms with Crippen LogP contribution in [0.4, 0.5) is 24.9 Å². The van der Waals surface area contributed by atoms with Crippen molar-refractivity contribution in [2.45, 2.75) is 25.1 Å². The number of rotatable bonds is 9. The summed E-state index contributed by atoms with van der Waals surface area (Å²) in [6.07, 6.45) is 1.26. The van der Waals surface area contributed by atoms with E-state index in [9.17, 15) is 18.0 Å². The highest BCUT2D eigenvalue weighted by Crippen LogP contribution is 2.31. The second-order valence-electron chi connectivity index (χ2n) is 9.61. The Morgan fingerprint density at radius 3 is 2.73 bits per heavy atom. The van der Waals surface area contributed by atoms with E-state index in [0.717, 1.165) is 22.2 Å². The first-order valence-electron chi connectivity index (χ1n) is 13.0. The first kappa shape index (κ1) is 28.0. The van der Waals surface area contributed by atoms with Crippen molar-refractivity contribution in [1.82, 2.24) is 34.7 Å². The Morgan fingerprint density at radius 1 is 1.20 bits per heavy atom. The lowest BCUT2D eigenvalue weighted by atomic mass is 10.0. The molecule has 41 heavy (non-hydrogen) atoms. The Kier molecular flexibility index (Phi) is 8.15. The molecule has 1 saturated heterocycles. The number of nitrogens with zero attached hydrogens (tertiary/aromatic N) is 6. The average Bonchev–Trinajstić information content (AvgIpc) is 3.36. The number of aromatic nitrogens is 5. The van der Waals surface area contributed by atoms with Crippen molar-refractivity contribution in [3.8, 4) is 17.0 Å². The Morgan fingerprint density at radius 2 is 2.00 bits per heavy atom. The summed E-state index contributed by atoms with van der Waals surface area (Å²) in [6.45, 7) is 5.26. The van der Waals surface area contributed by atoms with Gasteiger partial charge in [-0.3, -0.25) is 9.69 Å². The van der Waals surface area contributed by atoms with Crippen LogP contribution < -0.4 is 10.1 Å². The molecule has 0 radical (unpaired) electrons. The molecule has 0 spiro atoms. The maximum absolute atomic E-state index is 12.7. The number of nitrogens with one attached hydrogen (secondary N) is 2. The minimum atomic E-state index is -4.51. The number of methoxy groups -OCH3 is 1. The SMILES string of the molecule is C=CCC(c1ccnc(Nc2nc3ccc(-c4ncncc4OC)cc3[nH]2)c1)N1CCN(C(=O)CC(F)(F)F)CC1. The number of fused-ring (bicyclic) bond motifs is 1. The molecule has 0 saturated carbocycles. The molecule has 214 valence electrons. The van der Waals surface area contributed by atoms with Gasteiger partial charge in [0, 0.05) is 44.0 Å². The molecule has 1 atom stereocenters. The zero-order valence-corrected chi connectivity index (χ0v) is 22.4. The van der Waals surface area contributed by atoms with Crippen molar-refractivity contribution < 1.29 is 22.7 Å². The van der Waals surface area contributed by atoms with Gasteiger partial charge in [0.05, 0.1) is 24.3 Å². The Hall–Kier alpha value is -4.52. The number of H-pyrrole nitrogens is 1. The van der Waals surface area contributed by atoms with Gasteiger partial charge in [0.1, 0.15) is 24.3 Å². The van der Waals surface area contributed by atoms with Gasteiger partial charge in [-0.25, -0.2) is 19.9 Å². The van der Waals surface area contributed by atoms with E-state index in [0.29, 0.717) is 42.7 Å². The summed E-state index contributed by atoms with van der Waals surface area (Å²) in [5.41, 5.74) is 4.03. The van der Waals surface area contributed by atoms with Gasteiger partial charge in [-0.05, 0) is 36.2 Å². The fourth-order valence-corrected chi connectivity index (χ4v) is 4.96. The molecule has 1 aromatic carbocycles. The number of imidazole rings is 1. The largest absolute Gasteiger partial charge is 0.493 e. The normalized spacial score (nSPS) is 15.1. The van der Waals surface area contributed by atoms with Crippen molar-refractivity contribution in [2.24, 2.45) is 0 Å². The number of carbonyl (C=O) groups is 1. The fourth-order valence-electron chi connectivity index (χ4n) is 4.96. The molecule has 1 fully saturated rings.